The van der Waals surface area contributed by atoms with E-state index in [9.17, 15) is 4.79 Å². The maximum atomic E-state index is 10.8. The topological polar surface area (TPSA) is 80.9 Å². The molecule has 0 saturated heterocycles. The van der Waals surface area contributed by atoms with Crippen molar-refractivity contribution in [2.45, 2.75) is 6.54 Å². The average molecular weight is 333 g/mol. The largest absolute Gasteiger partial charge is 0.480 e. The van der Waals surface area contributed by atoms with E-state index in [4.69, 9.17) is 5.11 Å². The molecule has 20 heavy (non-hydrogen) atoms. The fourth-order valence-electron chi connectivity index (χ4n) is 2.00. The zero-order valence-corrected chi connectivity index (χ0v) is 11.8. The third-order valence-corrected chi connectivity index (χ3v) is 3.37. The smallest absolute Gasteiger partial charge is 0.325 e. The second-order valence-electron chi connectivity index (χ2n) is 4.26. The number of nitrogens with zero attached hydrogens (tertiary/aromatic N) is 4. The quantitative estimate of drug-likeness (QED) is 0.796. The normalized spacial score (nSPS) is 10.8. The Bertz CT molecular complexity index is 800. The van der Waals surface area contributed by atoms with Gasteiger partial charge >= 0.3 is 5.97 Å². The van der Waals surface area contributed by atoms with Gasteiger partial charge in [0, 0.05) is 10.0 Å². The molecule has 0 saturated carbocycles. The Kier molecular flexibility index (Phi) is 3.19. The van der Waals surface area contributed by atoms with Crippen LogP contribution >= 0.6 is 15.9 Å². The summed E-state index contributed by atoms with van der Waals surface area (Å²) in [6, 6.07) is 11.7. The van der Waals surface area contributed by atoms with Crippen LogP contribution in [0.15, 0.2) is 40.9 Å². The monoisotopic (exact) mass is 332 g/mol. The zero-order chi connectivity index (χ0) is 14.1. The molecule has 2 aromatic carbocycles. The van der Waals surface area contributed by atoms with Crippen molar-refractivity contribution in [3.05, 3.63) is 40.9 Å². The Balaban J connectivity index is 2.08. The summed E-state index contributed by atoms with van der Waals surface area (Å²) in [5, 5.41) is 22.1. The summed E-state index contributed by atoms with van der Waals surface area (Å²) in [7, 11) is 0. The molecule has 3 aromatic rings. The molecule has 6 nitrogen and oxygen atoms in total. The van der Waals surface area contributed by atoms with Gasteiger partial charge in [0.1, 0.15) is 6.54 Å². The van der Waals surface area contributed by atoms with Gasteiger partial charge in [-0.1, -0.05) is 34.1 Å². The highest BCUT2D eigenvalue weighted by Gasteiger charge is 2.11. The van der Waals surface area contributed by atoms with Gasteiger partial charge in [-0.2, -0.15) is 0 Å². The van der Waals surface area contributed by atoms with Crippen molar-refractivity contribution in [1.29, 1.82) is 0 Å². The van der Waals surface area contributed by atoms with Crippen molar-refractivity contribution < 1.29 is 9.90 Å². The van der Waals surface area contributed by atoms with E-state index in [1.807, 2.05) is 36.4 Å². The molecule has 0 spiro atoms. The molecule has 0 radical (unpaired) electrons. The summed E-state index contributed by atoms with van der Waals surface area (Å²) < 4.78 is 2.27. The van der Waals surface area contributed by atoms with Crippen molar-refractivity contribution in [2.24, 2.45) is 0 Å². The number of fused-ring (bicyclic) bond motifs is 1. The number of aliphatic carboxylic acids is 1. The van der Waals surface area contributed by atoms with E-state index in [0.717, 1.165) is 20.8 Å². The number of rotatable bonds is 3. The number of carboxylic acids is 1. The van der Waals surface area contributed by atoms with Gasteiger partial charge in [-0.3, -0.25) is 4.79 Å². The van der Waals surface area contributed by atoms with Crippen molar-refractivity contribution >= 4 is 32.7 Å². The van der Waals surface area contributed by atoms with Gasteiger partial charge in [0.25, 0.3) is 0 Å². The zero-order valence-electron chi connectivity index (χ0n) is 10.2. The predicted octanol–water partition coefficient (Wildman–Crippen LogP) is 2.34. The Morgan fingerprint density at radius 3 is 2.75 bits per heavy atom. The molecule has 0 aliphatic carbocycles. The van der Waals surface area contributed by atoms with Crippen molar-refractivity contribution in [1.82, 2.24) is 20.2 Å². The standard InChI is InChI=1S/C13H9BrN4O2/c14-11-4-3-8-5-10(2-1-9(8)6-11)13-15-16-17-18(13)7-12(19)20/h1-6H,7H2,(H,19,20). The summed E-state index contributed by atoms with van der Waals surface area (Å²) in [4.78, 5) is 10.8. The minimum Gasteiger partial charge on any atom is -0.480 e. The minimum absolute atomic E-state index is 0.263. The van der Waals surface area contributed by atoms with Gasteiger partial charge < -0.3 is 5.11 Å². The van der Waals surface area contributed by atoms with Crippen LogP contribution in [-0.2, 0) is 11.3 Å². The molecular formula is C13H9BrN4O2. The first kappa shape index (κ1) is 12.7. The SMILES string of the molecule is O=C(O)Cn1nnnc1-c1ccc2cc(Br)ccc2c1. The van der Waals surface area contributed by atoms with Crippen LogP contribution in [0.1, 0.15) is 0 Å². The third kappa shape index (κ3) is 2.39. The number of halogens is 1. The Morgan fingerprint density at radius 1 is 1.20 bits per heavy atom. The molecule has 0 fully saturated rings. The molecule has 0 unspecified atom stereocenters. The molecule has 7 heteroatoms. The van der Waals surface area contributed by atoms with Gasteiger partial charge in [0.2, 0.25) is 0 Å². The number of carboxylic acid groups (broad SMARTS) is 1. The van der Waals surface area contributed by atoms with E-state index < -0.39 is 5.97 Å². The molecule has 1 heterocycles. The first-order valence-corrected chi connectivity index (χ1v) is 6.60. The van der Waals surface area contributed by atoms with Crippen molar-refractivity contribution in [2.75, 3.05) is 0 Å². The lowest BCUT2D eigenvalue weighted by molar-refractivity contribution is -0.137. The number of benzene rings is 2. The molecule has 100 valence electrons. The highest BCUT2D eigenvalue weighted by Crippen LogP contribution is 2.25. The van der Waals surface area contributed by atoms with Gasteiger partial charge in [0.05, 0.1) is 0 Å². The van der Waals surface area contributed by atoms with Crippen molar-refractivity contribution in [3.8, 4) is 11.4 Å². The van der Waals surface area contributed by atoms with Gasteiger partial charge in [0.15, 0.2) is 5.82 Å². The lowest BCUT2D eigenvalue weighted by Gasteiger charge is -2.04. The Labute approximate surface area is 122 Å². The fraction of sp³-hybridized carbons (Fsp3) is 0.0769. The first-order valence-electron chi connectivity index (χ1n) is 5.81. The molecule has 0 aliphatic heterocycles. The van der Waals surface area contributed by atoms with Crippen LogP contribution < -0.4 is 0 Å². The van der Waals surface area contributed by atoms with Crippen LogP contribution in [0.2, 0.25) is 0 Å². The van der Waals surface area contributed by atoms with Crippen LogP contribution in [-0.4, -0.2) is 31.3 Å². The fourth-order valence-corrected chi connectivity index (χ4v) is 2.38. The summed E-state index contributed by atoms with van der Waals surface area (Å²) >= 11 is 3.43. The molecule has 0 amide bonds. The van der Waals surface area contributed by atoms with Crippen LogP contribution in [0.5, 0.6) is 0 Å². The van der Waals surface area contributed by atoms with Crippen LogP contribution in [0.3, 0.4) is 0 Å². The first-order chi connectivity index (χ1) is 9.63. The number of tetrazole rings is 1. The molecule has 3 rings (SSSR count). The highest BCUT2D eigenvalue weighted by atomic mass is 79.9. The Morgan fingerprint density at radius 2 is 1.95 bits per heavy atom. The summed E-state index contributed by atoms with van der Waals surface area (Å²) in [6.45, 7) is -0.263. The van der Waals surface area contributed by atoms with E-state index >= 15 is 0 Å². The maximum Gasteiger partial charge on any atom is 0.325 e. The van der Waals surface area contributed by atoms with E-state index in [0.29, 0.717) is 5.82 Å². The summed E-state index contributed by atoms with van der Waals surface area (Å²) in [5.74, 6) is -0.541. The predicted molar refractivity (Wildman–Crippen MR) is 76.1 cm³/mol. The highest BCUT2D eigenvalue weighted by molar-refractivity contribution is 9.10. The van der Waals surface area contributed by atoms with Gasteiger partial charge in [-0.05, 0) is 39.4 Å². The molecule has 1 N–H and O–H groups in total. The van der Waals surface area contributed by atoms with E-state index in [1.165, 1.54) is 4.68 Å². The van der Waals surface area contributed by atoms with E-state index in [-0.39, 0.29) is 6.54 Å². The molecule has 1 aromatic heterocycles. The molecule has 0 atom stereocenters. The molecule has 0 aliphatic rings. The number of aromatic nitrogens is 4. The number of hydrogen-bond acceptors (Lipinski definition) is 4. The molecular weight excluding hydrogens is 324 g/mol. The molecule has 0 bridgehead atoms. The van der Waals surface area contributed by atoms with Gasteiger partial charge in [-0.25, -0.2) is 4.68 Å². The number of hydrogen-bond donors (Lipinski definition) is 1. The van der Waals surface area contributed by atoms with Crippen LogP contribution in [0, 0.1) is 0 Å². The maximum absolute atomic E-state index is 10.8. The Hall–Kier alpha value is -2.28. The third-order valence-electron chi connectivity index (χ3n) is 2.88. The van der Waals surface area contributed by atoms with Crippen LogP contribution in [0.25, 0.3) is 22.2 Å². The van der Waals surface area contributed by atoms with Crippen LogP contribution in [0.4, 0.5) is 0 Å². The second-order valence-corrected chi connectivity index (χ2v) is 5.18. The lowest BCUT2D eigenvalue weighted by Crippen LogP contribution is -2.11. The van der Waals surface area contributed by atoms with Gasteiger partial charge in [-0.15, -0.1) is 5.10 Å². The van der Waals surface area contributed by atoms with E-state index in [2.05, 4.69) is 31.5 Å². The lowest BCUT2D eigenvalue weighted by atomic mass is 10.1. The van der Waals surface area contributed by atoms with Crippen molar-refractivity contribution in [3.63, 3.8) is 0 Å². The number of carbonyl (C=O) groups is 1. The summed E-state index contributed by atoms with van der Waals surface area (Å²) in [5.41, 5.74) is 0.783. The van der Waals surface area contributed by atoms with E-state index in [1.54, 1.807) is 0 Å². The average Bonchev–Trinajstić information content (AvgIpc) is 2.85. The summed E-state index contributed by atoms with van der Waals surface area (Å²) in [6.07, 6.45) is 0. The second kappa shape index (κ2) is 5.01. The minimum atomic E-state index is -0.983.